The van der Waals surface area contributed by atoms with Crippen molar-refractivity contribution in [3.63, 3.8) is 0 Å². The molecule has 23 heavy (non-hydrogen) atoms. The molecule has 0 aliphatic carbocycles. The topological polar surface area (TPSA) is 51.9 Å². The van der Waals surface area contributed by atoms with Crippen LogP contribution in [0.25, 0.3) is 10.9 Å². The first-order valence-electron chi connectivity index (χ1n) is 7.86. The van der Waals surface area contributed by atoms with E-state index in [1.54, 1.807) is 10.9 Å². The van der Waals surface area contributed by atoms with Crippen molar-refractivity contribution in [1.82, 2.24) is 19.7 Å². The molecule has 1 N–H and O–H groups in total. The van der Waals surface area contributed by atoms with E-state index in [0.29, 0.717) is 5.69 Å². The minimum atomic E-state index is -0.0591. The van der Waals surface area contributed by atoms with Crippen LogP contribution in [-0.4, -0.2) is 20.3 Å². The second kappa shape index (κ2) is 5.91. The second-order valence-electron chi connectivity index (χ2n) is 5.92. The summed E-state index contributed by atoms with van der Waals surface area (Å²) in [5.74, 6) is -0.0591. The lowest BCUT2D eigenvalue weighted by atomic mass is 10.1. The Hall–Kier alpha value is -2.56. The van der Waals surface area contributed by atoms with Crippen LogP contribution in [0.5, 0.6) is 0 Å². The molecular weight excluding hydrogens is 288 g/mol. The van der Waals surface area contributed by atoms with Crippen LogP contribution in [0.15, 0.2) is 36.5 Å². The van der Waals surface area contributed by atoms with Gasteiger partial charge in [0.15, 0.2) is 0 Å². The third-order valence-electron chi connectivity index (χ3n) is 4.42. The highest BCUT2D eigenvalue weighted by Gasteiger charge is 2.20. The predicted molar refractivity (Wildman–Crippen MR) is 91.4 cm³/mol. The van der Waals surface area contributed by atoms with Crippen LogP contribution in [0, 0.1) is 6.92 Å². The minimum Gasteiger partial charge on any atom is -0.342 e. The van der Waals surface area contributed by atoms with Gasteiger partial charge in [0.1, 0.15) is 5.69 Å². The van der Waals surface area contributed by atoms with E-state index in [9.17, 15) is 4.79 Å². The molecule has 2 heterocycles. The first-order chi connectivity index (χ1) is 11.0. The molecule has 5 heteroatoms. The average Bonchev–Trinajstić information content (AvgIpc) is 3.09. The zero-order valence-corrected chi connectivity index (χ0v) is 14.0. The fraction of sp³-hybridized carbons (Fsp3) is 0.333. The molecule has 0 saturated carbocycles. The number of fused-ring (bicyclic) bond motifs is 1. The Morgan fingerprint density at radius 2 is 2.09 bits per heavy atom. The Labute approximate surface area is 135 Å². The minimum absolute atomic E-state index is 0.0471. The van der Waals surface area contributed by atoms with E-state index >= 15 is 0 Å². The summed E-state index contributed by atoms with van der Waals surface area (Å²) < 4.78 is 3.77. The highest BCUT2D eigenvalue weighted by molar-refractivity contribution is 5.99. The predicted octanol–water partition coefficient (Wildman–Crippen LogP) is 3.10. The summed E-state index contributed by atoms with van der Waals surface area (Å²) in [4.78, 5) is 12.8. The van der Waals surface area contributed by atoms with Gasteiger partial charge in [-0.2, -0.15) is 5.10 Å². The lowest BCUT2D eigenvalue weighted by Gasteiger charge is -2.17. The van der Waals surface area contributed by atoms with Gasteiger partial charge in [0.05, 0.1) is 17.3 Å². The summed E-state index contributed by atoms with van der Waals surface area (Å²) in [7, 11) is 3.83. The molecule has 0 aliphatic heterocycles. The quantitative estimate of drug-likeness (QED) is 0.805. The molecule has 0 saturated heterocycles. The van der Waals surface area contributed by atoms with Crippen LogP contribution in [0.1, 0.15) is 41.1 Å². The fourth-order valence-electron chi connectivity index (χ4n) is 3.18. The first kappa shape index (κ1) is 15.3. The van der Waals surface area contributed by atoms with Crippen molar-refractivity contribution < 1.29 is 4.79 Å². The molecule has 1 atom stereocenters. The number of carbonyl (C=O) groups is 1. The number of benzene rings is 1. The van der Waals surface area contributed by atoms with E-state index in [1.165, 1.54) is 5.56 Å². The van der Waals surface area contributed by atoms with Crippen LogP contribution in [0.3, 0.4) is 0 Å². The second-order valence-corrected chi connectivity index (χ2v) is 5.92. The van der Waals surface area contributed by atoms with Crippen molar-refractivity contribution >= 4 is 16.8 Å². The Morgan fingerprint density at radius 1 is 1.30 bits per heavy atom. The number of nitrogens with one attached hydrogen (secondary N) is 1. The van der Waals surface area contributed by atoms with E-state index < -0.39 is 0 Å². The maximum absolute atomic E-state index is 12.8. The molecule has 0 spiro atoms. The summed E-state index contributed by atoms with van der Waals surface area (Å²) in [6, 6.07) is 9.97. The zero-order valence-electron chi connectivity index (χ0n) is 14.0. The molecule has 1 aromatic carbocycles. The summed E-state index contributed by atoms with van der Waals surface area (Å²) in [6.07, 6.45) is 2.57. The van der Waals surface area contributed by atoms with Crippen molar-refractivity contribution in [2.24, 2.45) is 14.1 Å². The van der Waals surface area contributed by atoms with Crippen LogP contribution < -0.4 is 5.32 Å². The van der Waals surface area contributed by atoms with E-state index in [2.05, 4.69) is 30.3 Å². The van der Waals surface area contributed by atoms with Crippen molar-refractivity contribution in [3.05, 3.63) is 53.5 Å². The molecule has 5 nitrogen and oxygen atoms in total. The monoisotopic (exact) mass is 310 g/mol. The van der Waals surface area contributed by atoms with Crippen LogP contribution in [0.2, 0.25) is 0 Å². The van der Waals surface area contributed by atoms with Gasteiger partial charge in [-0.05, 0) is 31.0 Å². The maximum atomic E-state index is 12.8. The van der Waals surface area contributed by atoms with E-state index in [1.807, 2.05) is 42.9 Å². The Balaban J connectivity index is 1.93. The number of nitrogens with zero attached hydrogens (tertiary/aromatic N) is 3. The summed E-state index contributed by atoms with van der Waals surface area (Å²) >= 11 is 0. The van der Waals surface area contributed by atoms with Crippen LogP contribution >= 0.6 is 0 Å². The third-order valence-corrected chi connectivity index (χ3v) is 4.42. The number of hydrogen-bond donors (Lipinski definition) is 1. The summed E-state index contributed by atoms with van der Waals surface area (Å²) in [5.41, 5.74) is 3.96. The molecule has 1 unspecified atom stereocenters. The number of rotatable bonds is 4. The molecule has 0 fully saturated rings. The molecule has 3 aromatic rings. The van der Waals surface area contributed by atoms with Gasteiger partial charge in [0.25, 0.3) is 5.91 Å². The van der Waals surface area contributed by atoms with E-state index in [4.69, 9.17) is 0 Å². The lowest BCUT2D eigenvalue weighted by molar-refractivity contribution is 0.0926. The average molecular weight is 310 g/mol. The van der Waals surface area contributed by atoms with Gasteiger partial charge in [0.2, 0.25) is 0 Å². The van der Waals surface area contributed by atoms with Crippen molar-refractivity contribution in [2.75, 3.05) is 0 Å². The zero-order chi connectivity index (χ0) is 16.6. The van der Waals surface area contributed by atoms with Gasteiger partial charge in [-0.1, -0.05) is 25.1 Å². The van der Waals surface area contributed by atoms with Gasteiger partial charge >= 0.3 is 0 Å². The van der Waals surface area contributed by atoms with E-state index in [0.717, 1.165) is 23.0 Å². The van der Waals surface area contributed by atoms with Crippen molar-refractivity contribution in [2.45, 2.75) is 26.3 Å². The maximum Gasteiger partial charge on any atom is 0.268 e. The Bertz CT molecular complexity index is 859. The SMILES string of the molecule is CCC(NC(=O)c1cc2cccc(C)c2n1C)c1ccnn1C. The summed E-state index contributed by atoms with van der Waals surface area (Å²) in [6.45, 7) is 4.12. The van der Waals surface area contributed by atoms with Gasteiger partial charge in [-0.15, -0.1) is 0 Å². The molecule has 0 aliphatic rings. The number of aromatic nitrogens is 3. The fourth-order valence-corrected chi connectivity index (χ4v) is 3.18. The Kier molecular flexibility index (Phi) is 3.94. The normalized spacial score (nSPS) is 12.5. The highest BCUT2D eigenvalue weighted by Crippen LogP contribution is 2.23. The standard InChI is InChI=1S/C18H22N4O/c1-5-14(15-9-10-19-22(15)4)20-18(23)16-11-13-8-6-7-12(2)17(13)21(16)3/h6-11,14H,5H2,1-4H3,(H,20,23). The number of amides is 1. The molecule has 2 aromatic heterocycles. The molecule has 0 bridgehead atoms. The number of aryl methyl sites for hydroxylation is 3. The summed E-state index contributed by atoms with van der Waals surface area (Å²) in [5, 5.41) is 8.41. The molecule has 3 rings (SSSR count). The van der Waals surface area contributed by atoms with Crippen LogP contribution in [-0.2, 0) is 14.1 Å². The van der Waals surface area contributed by atoms with Crippen molar-refractivity contribution in [1.29, 1.82) is 0 Å². The molecule has 1 amide bonds. The molecule has 0 radical (unpaired) electrons. The Morgan fingerprint density at radius 3 is 2.70 bits per heavy atom. The van der Waals surface area contributed by atoms with Gasteiger partial charge < -0.3 is 9.88 Å². The van der Waals surface area contributed by atoms with Gasteiger partial charge in [-0.3, -0.25) is 9.48 Å². The number of para-hydroxylation sites is 1. The number of carbonyl (C=O) groups excluding carboxylic acids is 1. The first-order valence-corrected chi connectivity index (χ1v) is 7.86. The third kappa shape index (κ3) is 2.63. The number of hydrogen-bond acceptors (Lipinski definition) is 2. The lowest BCUT2D eigenvalue weighted by Crippen LogP contribution is -2.30. The molecule has 120 valence electrons. The molecular formula is C18H22N4O. The van der Waals surface area contributed by atoms with Gasteiger partial charge in [0, 0.05) is 25.7 Å². The van der Waals surface area contributed by atoms with Gasteiger partial charge in [-0.25, -0.2) is 0 Å². The van der Waals surface area contributed by atoms with Crippen LogP contribution in [0.4, 0.5) is 0 Å². The highest BCUT2D eigenvalue weighted by atomic mass is 16.2. The van der Waals surface area contributed by atoms with E-state index in [-0.39, 0.29) is 11.9 Å². The smallest absolute Gasteiger partial charge is 0.268 e. The van der Waals surface area contributed by atoms with Crippen molar-refractivity contribution in [3.8, 4) is 0 Å². The largest absolute Gasteiger partial charge is 0.342 e.